The molecule has 0 radical (unpaired) electrons. The first-order valence-corrected chi connectivity index (χ1v) is 27.7. The number of rotatable bonds is 56. The zero-order valence-corrected chi connectivity index (χ0v) is 46.7. The van der Waals surface area contributed by atoms with Gasteiger partial charge in [-0.05, 0) is 40.0 Å². The lowest BCUT2D eigenvalue weighted by Gasteiger charge is -2.19. The van der Waals surface area contributed by atoms with E-state index in [0.717, 1.165) is 32.1 Å². The van der Waals surface area contributed by atoms with Crippen LogP contribution in [0.5, 0.6) is 0 Å². The predicted molar refractivity (Wildman–Crippen MR) is 284 cm³/mol. The van der Waals surface area contributed by atoms with Crippen LogP contribution in [0, 0.1) is 0 Å². The van der Waals surface area contributed by atoms with Crippen LogP contribution in [0.15, 0.2) is 0 Å². The van der Waals surface area contributed by atoms with Crippen LogP contribution in [0.4, 0.5) is 0 Å². The molecule has 24 nitrogen and oxygen atoms in total. The Morgan fingerprint density at radius 3 is 1.06 bits per heavy atom. The molecule has 1 atom stereocenters. The molecule has 0 aromatic rings. The van der Waals surface area contributed by atoms with Crippen molar-refractivity contribution < 1.29 is 91.2 Å². The second-order valence-corrected chi connectivity index (χ2v) is 19.2. The van der Waals surface area contributed by atoms with Crippen LogP contribution in [0.2, 0.25) is 0 Å². The van der Waals surface area contributed by atoms with Gasteiger partial charge in [0.1, 0.15) is 38.1 Å². The molecule has 0 fully saturated rings. The van der Waals surface area contributed by atoms with E-state index in [1.54, 1.807) is 0 Å². The summed E-state index contributed by atoms with van der Waals surface area (Å²) in [5.41, 5.74) is -0.417. The van der Waals surface area contributed by atoms with Crippen LogP contribution in [0.3, 0.4) is 0 Å². The van der Waals surface area contributed by atoms with E-state index in [1.807, 2.05) is 20.8 Å². The SMILES string of the molecule is CC(C)(C)OC(=O)CCCCCCCCCCCCCCCCCCC(=O)N[C@@H](CCC(=O)NCCOCCOCC(=O)NCCOCCOCC(=O)O)C(=O)NCCOCCOCC(=O)NCCOCCOCC(=O)O. The Kier molecular flexibility index (Phi) is 49.1. The van der Waals surface area contributed by atoms with E-state index in [2.05, 4.69) is 26.6 Å². The quantitative estimate of drug-likeness (QED) is 0.0339. The van der Waals surface area contributed by atoms with Gasteiger partial charge in [-0.2, -0.15) is 0 Å². The smallest absolute Gasteiger partial charge is 0.329 e. The normalized spacial score (nSPS) is 11.7. The molecule has 0 aromatic heterocycles. The second-order valence-electron chi connectivity index (χ2n) is 19.2. The van der Waals surface area contributed by atoms with Crippen molar-refractivity contribution in [3.63, 3.8) is 0 Å². The highest BCUT2D eigenvalue weighted by Crippen LogP contribution is 2.16. The third kappa shape index (κ3) is 56.0. The number of esters is 1. The number of hydrogen-bond donors (Lipinski definition) is 7. The van der Waals surface area contributed by atoms with Gasteiger partial charge < -0.3 is 79.4 Å². The maximum Gasteiger partial charge on any atom is 0.329 e. The minimum Gasteiger partial charge on any atom is -0.480 e. The first-order valence-electron chi connectivity index (χ1n) is 27.7. The van der Waals surface area contributed by atoms with Crippen LogP contribution < -0.4 is 26.6 Å². The number of aliphatic carboxylic acids is 2. The molecule has 7 N–H and O–H groups in total. The minimum absolute atomic E-state index is 0.0297. The van der Waals surface area contributed by atoms with E-state index in [-0.39, 0.29) is 168 Å². The van der Waals surface area contributed by atoms with E-state index in [0.29, 0.717) is 12.8 Å². The molecule has 0 bridgehead atoms. The summed E-state index contributed by atoms with van der Waals surface area (Å²) < 4.78 is 47.1. The summed E-state index contributed by atoms with van der Waals surface area (Å²) in [6.07, 6.45) is 18.8. The number of ether oxygens (including phenoxy) is 9. The van der Waals surface area contributed by atoms with Crippen molar-refractivity contribution in [1.82, 2.24) is 26.6 Å². The van der Waals surface area contributed by atoms with Crippen molar-refractivity contribution in [3.05, 3.63) is 0 Å². The summed E-state index contributed by atoms with van der Waals surface area (Å²) in [5, 5.41) is 30.6. The Hall–Kier alpha value is -4.56. The lowest BCUT2D eigenvalue weighted by atomic mass is 10.0. The number of carboxylic acid groups (broad SMARTS) is 2. The lowest BCUT2D eigenvalue weighted by molar-refractivity contribution is -0.155. The van der Waals surface area contributed by atoms with Crippen molar-refractivity contribution in [3.8, 4) is 0 Å². The lowest BCUT2D eigenvalue weighted by Crippen LogP contribution is -2.48. The number of carbonyl (C=O) groups is 8. The maximum atomic E-state index is 13.2. The van der Waals surface area contributed by atoms with Crippen molar-refractivity contribution in [2.45, 2.75) is 161 Å². The Morgan fingerprint density at radius 1 is 0.364 bits per heavy atom. The molecule has 77 heavy (non-hydrogen) atoms. The van der Waals surface area contributed by atoms with Crippen LogP contribution in [0.1, 0.15) is 149 Å². The largest absolute Gasteiger partial charge is 0.480 e. The first kappa shape index (κ1) is 72.4. The Bertz CT molecular complexity index is 1550. The van der Waals surface area contributed by atoms with E-state index >= 15 is 0 Å². The molecule has 5 amide bonds. The molecule has 0 aliphatic rings. The fourth-order valence-corrected chi connectivity index (χ4v) is 7.11. The fourth-order valence-electron chi connectivity index (χ4n) is 7.11. The van der Waals surface area contributed by atoms with Gasteiger partial charge in [0.15, 0.2) is 0 Å². The summed E-state index contributed by atoms with van der Waals surface area (Å²) in [7, 11) is 0. The van der Waals surface area contributed by atoms with Gasteiger partial charge in [0.25, 0.3) is 0 Å². The van der Waals surface area contributed by atoms with Gasteiger partial charge in [-0.25, -0.2) is 9.59 Å². The third-order valence-electron chi connectivity index (χ3n) is 10.9. The number of unbranched alkanes of at least 4 members (excludes halogenated alkanes) is 15. The van der Waals surface area contributed by atoms with Gasteiger partial charge in [0.05, 0.1) is 79.3 Å². The van der Waals surface area contributed by atoms with E-state index in [1.165, 1.54) is 64.2 Å². The summed E-state index contributed by atoms with van der Waals surface area (Å²) in [6, 6.07) is -0.948. The van der Waals surface area contributed by atoms with Crippen LogP contribution in [0.25, 0.3) is 0 Å². The molecule has 0 heterocycles. The highest BCUT2D eigenvalue weighted by molar-refractivity contribution is 5.88. The van der Waals surface area contributed by atoms with Gasteiger partial charge in [-0.1, -0.05) is 89.9 Å². The molecule has 0 saturated carbocycles. The average Bonchev–Trinajstić information content (AvgIpc) is 3.37. The Labute approximate surface area is 456 Å². The Morgan fingerprint density at radius 2 is 0.688 bits per heavy atom. The molecular formula is C53H97N5O19. The zero-order chi connectivity index (χ0) is 56.9. The number of carboxylic acids is 2. The van der Waals surface area contributed by atoms with Crippen LogP contribution >= 0.6 is 0 Å². The molecule has 448 valence electrons. The standard InChI is InChI=1S/C53H97N5O19/c1-53(2,3)77-51(67)21-19-17-15-13-11-9-7-5-4-6-8-10-12-14-16-18-20-46(60)58-44(52(68)57-27-31-72-33-37-74-41-48(62)56-26-30-71-35-39-76-43-50(65)66)22-23-45(59)54-24-28-69-32-36-73-40-47(61)55-25-29-70-34-38-75-42-49(63)64/h44H,4-43H2,1-3H3,(H,54,59)(H,55,61)(H,56,62)(H,57,68)(H,58,60)(H,63,64)(H,65,66)/t44-/m0/s1. The second kappa shape index (κ2) is 52.2. The minimum atomic E-state index is -1.07. The third-order valence-corrected chi connectivity index (χ3v) is 10.9. The topological polar surface area (TPSA) is 320 Å². The van der Waals surface area contributed by atoms with Gasteiger partial charge in [0, 0.05) is 45.4 Å². The fraction of sp³-hybridized carbons (Fsp3) is 0.849. The molecule has 0 aliphatic heterocycles. The molecule has 24 heteroatoms. The van der Waals surface area contributed by atoms with E-state index in [9.17, 15) is 38.4 Å². The number of hydrogen-bond acceptors (Lipinski definition) is 17. The molecule has 0 spiro atoms. The highest BCUT2D eigenvalue weighted by Gasteiger charge is 2.22. The molecular weight excluding hydrogens is 1010 g/mol. The van der Waals surface area contributed by atoms with Crippen molar-refractivity contribution in [2.24, 2.45) is 0 Å². The van der Waals surface area contributed by atoms with Gasteiger partial charge in [-0.15, -0.1) is 0 Å². The number of amides is 5. The summed E-state index contributed by atoms with van der Waals surface area (Å²) in [5.74, 6) is -3.97. The first-order chi connectivity index (χ1) is 37.1. The maximum absolute atomic E-state index is 13.2. The van der Waals surface area contributed by atoms with Crippen molar-refractivity contribution in [2.75, 3.05) is 132 Å². The summed E-state index contributed by atoms with van der Waals surface area (Å²) in [6.45, 7) is 7.38. The van der Waals surface area contributed by atoms with Crippen molar-refractivity contribution >= 4 is 47.4 Å². The van der Waals surface area contributed by atoms with E-state index in [4.69, 9.17) is 52.8 Å². The molecule has 0 saturated heterocycles. The number of nitrogens with one attached hydrogen (secondary N) is 5. The zero-order valence-electron chi connectivity index (χ0n) is 46.7. The summed E-state index contributed by atoms with van der Waals surface area (Å²) in [4.78, 5) is 95.4. The Balaban J connectivity index is 4.43. The van der Waals surface area contributed by atoms with Gasteiger partial charge >= 0.3 is 17.9 Å². The van der Waals surface area contributed by atoms with E-state index < -0.39 is 42.7 Å². The predicted octanol–water partition coefficient (Wildman–Crippen LogP) is 3.38. The van der Waals surface area contributed by atoms with Crippen LogP contribution in [-0.2, 0) is 81.0 Å². The van der Waals surface area contributed by atoms with Gasteiger partial charge in [-0.3, -0.25) is 28.8 Å². The monoisotopic (exact) mass is 1110 g/mol. The van der Waals surface area contributed by atoms with Crippen molar-refractivity contribution in [1.29, 1.82) is 0 Å². The molecule has 0 rings (SSSR count). The van der Waals surface area contributed by atoms with Gasteiger partial charge in [0.2, 0.25) is 29.5 Å². The average molecular weight is 1110 g/mol. The molecule has 0 aliphatic carbocycles. The molecule has 0 unspecified atom stereocenters. The molecule has 0 aromatic carbocycles. The number of carbonyl (C=O) groups excluding carboxylic acids is 6. The van der Waals surface area contributed by atoms with Crippen LogP contribution in [-0.4, -0.2) is 201 Å². The highest BCUT2D eigenvalue weighted by atomic mass is 16.6. The summed E-state index contributed by atoms with van der Waals surface area (Å²) >= 11 is 0.